The maximum Gasteiger partial charge on any atom is 0.166 e. The van der Waals surface area contributed by atoms with Gasteiger partial charge in [0.2, 0.25) is 0 Å². The highest BCUT2D eigenvalue weighted by Gasteiger charge is 2.11. The van der Waals surface area contributed by atoms with Gasteiger partial charge in [-0.2, -0.15) is 0 Å². The Kier molecular flexibility index (Phi) is 3.36. The molecule has 0 aromatic carbocycles. The van der Waals surface area contributed by atoms with Gasteiger partial charge >= 0.3 is 0 Å². The molecular weight excluding hydrogens is 249 g/mol. The van der Waals surface area contributed by atoms with Gasteiger partial charge in [0.25, 0.3) is 0 Å². The van der Waals surface area contributed by atoms with Crippen LogP contribution in [0.5, 0.6) is 0 Å². The Bertz CT molecular complexity index is 475. The third-order valence-electron chi connectivity index (χ3n) is 1.98. The minimum Gasteiger partial charge on any atom is -0.359 e. The second-order valence-electron chi connectivity index (χ2n) is 3.22. The van der Waals surface area contributed by atoms with Crippen LogP contribution >= 0.6 is 22.9 Å². The van der Waals surface area contributed by atoms with Gasteiger partial charge in [0.05, 0.1) is 11.1 Å². The molecule has 0 spiro atoms. The molecule has 1 unspecified atom stereocenters. The number of hydrogen-bond acceptors (Lipinski definition) is 4. The first-order chi connectivity index (χ1) is 7.66. The summed E-state index contributed by atoms with van der Waals surface area (Å²) in [5, 5.41) is 5.98. The smallest absolute Gasteiger partial charge is 0.166 e. The molecule has 0 radical (unpaired) electrons. The van der Waals surface area contributed by atoms with Gasteiger partial charge in [0, 0.05) is 17.8 Å². The van der Waals surface area contributed by atoms with Gasteiger partial charge < -0.3 is 5.32 Å². The molecule has 6 heteroatoms. The van der Waals surface area contributed by atoms with E-state index < -0.39 is 5.82 Å². The average molecular weight is 258 g/mol. The number of anilines is 1. The van der Waals surface area contributed by atoms with Crippen LogP contribution in [0.2, 0.25) is 5.02 Å². The predicted molar refractivity (Wildman–Crippen MR) is 63.4 cm³/mol. The number of halogens is 2. The van der Waals surface area contributed by atoms with Crippen LogP contribution in [0, 0.1) is 5.82 Å². The SMILES string of the molecule is CC(Nc1ncc(Cl)cc1F)c1nccs1. The zero-order chi connectivity index (χ0) is 11.5. The van der Waals surface area contributed by atoms with Gasteiger partial charge in [-0.25, -0.2) is 14.4 Å². The van der Waals surface area contributed by atoms with E-state index in [4.69, 9.17) is 11.6 Å². The number of rotatable bonds is 3. The van der Waals surface area contributed by atoms with Crippen molar-refractivity contribution in [2.45, 2.75) is 13.0 Å². The molecule has 2 heterocycles. The number of hydrogen-bond donors (Lipinski definition) is 1. The summed E-state index contributed by atoms with van der Waals surface area (Å²) in [6.45, 7) is 1.90. The molecule has 2 rings (SSSR count). The standard InChI is InChI=1S/C10H9ClFN3S/c1-6(10-13-2-3-16-10)15-9-8(12)4-7(11)5-14-9/h2-6H,1H3,(H,14,15). The lowest BCUT2D eigenvalue weighted by atomic mass is 10.3. The first-order valence-electron chi connectivity index (χ1n) is 4.64. The van der Waals surface area contributed by atoms with Gasteiger partial charge in [-0.05, 0) is 13.0 Å². The summed E-state index contributed by atoms with van der Waals surface area (Å²) in [5.74, 6) is -0.275. The maximum absolute atomic E-state index is 13.4. The van der Waals surface area contributed by atoms with Gasteiger partial charge in [-0.1, -0.05) is 11.6 Å². The van der Waals surface area contributed by atoms with Crippen LogP contribution < -0.4 is 5.32 Å². The molecule has 0 bridgehead atoms. The molecule has 0 aliphatic rings. The van der Waals surface area contributed by atoms with Crippen LogP contribution in [0.4, 0.5) is 10.2 Å². The largest absolute Gasteiger partial charge is 0.359 e. The monoisotopic (exact) mass is 257 g/mol. The van der Waals surface area contributed by atoms with E-state index in [1.807, 2.05) is 12.3 Å². The number of nitrogens with one attached hydrogen (secondary N) is 1. The quantitative estimate of drug-likeness (QED) is 0.914. The Hall–Kier alpha value is -1.20. The lowest BCUT2D eigenvalue weighted by Crippen LogP contribution is -2.09. The topological polar surface area (TPSA) is 37.8 Å². The molecule has 1 atom stereocenters. The number of thiazole rings is 1. The zero-order valence-corrected chi connectivity index (χ0v) is 10.0. The zero-order valence-electron chi connectivity index (χ0n) is 8.45. The van der Waals surface area contributed by atoms with E-state index in [9.17, 15) is 4.39 Å². The lowest BCUT2D eigenvalue weighted by molar-refractivity contribution is 0.621. The first-order valence-corrected chi connectivity index (χ1v) is 5.89. The van der Waals surface area contributed by atoms with Gasteiger partial charge in [-0.15, -0.1) is 11.3 Å². The van der Waals surface area contributed by atoms with Crippen molar-refractivity contribution in [3.05, 3.63) is 39.7 Å². The van der Waals surface area contributed by atoms with Crippen molar-refractivity contribution >= 4 is 28.8 Å². The van der Waals surface area contributed by atoms with Crippen molar-refractivity contribution in [1.82, 2.24) is 9.97 Å². The average Bonchev–Trinajstić information content (AvgIpc) is 2.75. The summed E-state index contributed by atoms with van der Waals surface area (Å²) in [6.07, 6.45) is 3.12. The van der Waals surface area contributed by atoms with Crippen LogP contribution in [-0.4, -0.2) is 9.97 Å². The molecule has 0 amide bonds. The Morgan fingerprint density at radius 2 is 2.31 bits per heavy atom. The Morgan fingerprint density at radius 3 is 2.94 bits per heavy atom. The molecule has 0 aliphatic heterocycles. The summed E-state index contributed by atoms with van der Waals surface area (Å²) < 4.78 is 13.4. The summed E-state index contributed by atoms with van der Waals surface area (Å²) in [5.41, 5.74) is 0. The molecule has 1 N–H and O–H groups in total. The minimum absolute atomic E-state index is 0.0804. The van der Waals surface area contributed by atoms with Crippen molar-refractivity contribution in [2.75, 3.05) is 5.32 Å². The molecule has 3 nitrogen and oxygen atoms in total. The lowest BCUT2D eigenvalue weighted by Gasteiger charge is -2.12. The van der Waals surface area contributed by atoms with Crippen LogP contribution in [0.15, 0.2) is 23.8 Å². The molecule has 84 valence electrons. The van der Waals surface area contributed by atoms with Crippen molar-refractivity contribution in [1.29, 1.82) is 0 Å². The third kappa shape index (κ3) is 2.48. The molecule has 0 saturated heterocycles. The van der Waals surface area contributed by atoms with Gasteiger partial charge in [0.15, 0.2) is 11.6 Å². The Labute approximate surface area is 101 Å². The van der Waals surface area contributed by atoms with Crippen molar-refractivity contribution < 1.29 is 4.39 Å². The Morgan fingerprint density at radius 1 is 1.50 bits per heavy atom. The fourth-order valence-corrected chi connectivity index (χ4v) is 2.03. The van der Waals surface area contributed by atoms with Crippen LogP contribution in [0.3, 0.4) is 0 Å². The Balaban J connectivity index is 2.15. The van der Waals surface area contributed by atoms with Crippen LogP contribution in [0.25, 0.3) is 0 Å². The van der Waals surface area contributed by atoms with Crippen molar-refractivity contribution in [2.24, 2.45) is 0 Å². The summed E-state index contributed by atoms with van der Waals surface area (Å²) in [4.78, 5) is 8.03. The highest BCUT2D eigenvalue weighted by atomic mass is 35.5. The minimum atomic E-state index is -0.462. The van der Waals surface area contributed by atoms with Crippen molar-refractivity contribution in [3.63, 3.8) is 0 Å². The number of aromatic nitrogens is 2. The highest BCUT2D eigenvalue weighted by Crippen LogP contribution is 2.22. The van der Waals surface area contributed by atoms with Gasteiger partial charge in [0.1, 0.15) is 5.01 Å². The van der Waals surface area contributed by atoms with Gasteiger partial charge in [-0.3, -0.25) is 0 Å². The molecule has 2 aromatic rings. The normalized spacial score (nSPS) is 12.4. The summed E-state index contributed by atoms with van der Waals surface area (Å²) >= 11 is 7.12. The van der Waals surface area contributed by atoms with E-state index in [0.29, 0.717) is 0 Å². The molecule has 16 heavy (non-hydrogen) atoms. The molecule has 0 aliphatic carbocycles. The fourth-order valence-electron chi connectivity index (χ4n) is 1.24. The summed E-state index contributed by atoms with van der Waals surface area (Å²) in [6, 6.07) is 1.15. The van der Waals surface area contributed by atoms with Crippen LogP contribution in [0.1, 0.15) is 18.0 Å². The fraction of sp³-hybridized carbons (Fsp3) is 0.200. The predicted octanol–water partition coefficient (Wildman–Crippen LogP) is 3.50. The number of pyridine rings is 1. The maximum atomic E-state index is 13.4. The molecule has 0 fully saturated rings. The van der Waals surface area contributed by atoms with E-state index in [1.54, 1.807) is 6.20 Å². The van der Waals surface area contributed by atoms with Crippen molar-refractivity contribution in [3.8, 4) is 0 Å². The van der Waals surface area contributed by atoms with E-state index in [0.717, 1.165) is 5.01 Å². The summed E-state index contributed by atoms with van der Waals surface area (Å²) in [7, 11) is 0. The highest BCUT2D eigenvalue weighted by molar-refractivity contribution is 7.09. The molecular formula is C10H9ClFN3S. The van der Waals surface area contributed by atoms with E-state index in [2.05, 4.69) is 15.3 Å². The third-order valence-corrected chi connectivity index (χ3v) is 3.15. The molecule has 2 aromatic heterocycles. The number of nitrogens with zero attached hydrogens (tertiary/aromatic N) is 2. The van der Waals surface area contributed by atoms with Crippen LogP contribution in [-0.2, 0) is 0 Å². The molecule has 0 saturated carbocycles. The first kappa shape index (κ1) is 11.3. The van der Waals surface area contributed by atoms with E-state index >= 15 is 0 Å². The second-order valence-corrected chi connectivity index (χ2v) is 4.58. The van der Waals surface area contributed by atoms with E-state index in [1.165, 1.54) is 23.6 Å². The van der Waals surface area contributed by atoms with E-state index in [-0.39, 0.29) is 16.9 Å². The second kappa shape index (κ2) is 4.76.